The molecule has 0 saturated heterocycles. The van der Waals surface area contributed by atoms with Crippen LogP contribution in [0.2, 0.25) is 0 Å². The standard InChI is InChI=1S/C17H26N2O2/c1-16(2)14(17(3,4)15(16)21)19-13(20)7-5-6-12-8-10-18-11-9-12/h8-11,14-15,21H,5-7H2,1-4H3,(H,19,20). The van der Waals surface area contributed by atoms with Crippen molar-refractivity contribution in [1.29, 1.82) is 0 Å². The molecule has 1 aromatic heterocycles. The summed E-state index contributed by atoms with van der Waals surface area (Å²) in [6.45, 7) is 8.02. The minimum Gasteiger partial charge on any atom is -0.392 e. The van der Waals surface area contributed by atoms with Gasteiger partial charge in [0.1, 0.15) is 0 Å². The highest BCUT2D eigenvalue weighted by Gasteiger charge is 2.61. The zero-order valence-corrected chi connectivity index (χ0v) is 13.4. The fourth-order valence-corrected chi connectivity index (χ4v) is 3.74. The summed E-state index contributed by atoms with van der Waals surface area (Å²) >= 11 is 0. The molecule has 2 rings (SSSR count). The number of nitrogens with one attached hydrogen (secondary N) is 1. The Morgan fingerprint density at radius 2 is 1.81 bits per heavy atom. The van der Waals surface area contributed by atoms with Gasteiger partial charge in [0.2, 0.25) is 5.91 Å². The van der Waals surface area contributed by atoms with Crippen molar-refractivity contribution in [1.82, 2.24) is 10.3 Å². The van der Waals surface area contributed by atoms with Crippen molar-refractivity contribution in [2.75, 3.05) is 0 Å². The van der Waals surface area contributed by atoms with Crippen LogP contribution in [0.4, 0.5) is 0 Å². The van der Waals surface area contributed by atoms with Gasteiger partial charge in [0.05, 0.1) is 6.10 Å². The van der Waals surface area contributed by atoms with Gasteiger partial charge >= 0.3 is 0 Å². The van der Waals surface area contributed by atoms with E-state index in [0.717, 1.165) is 12.8 Å². The number of aryl methyl sites for hydroxylation is 1. The summed E-state index contributed by atoms with van der Waals surface area (Å²) in [6.07, 6.45) is 5.39. The first kappa shape index (κ1) is 16.0. The summed E-state index contributed by atoms with van der Waals surface area (Å²) < 4.78 is 0. The van der Waals surface area contributed by atoms with Crippen molar-refractivity contribution in [3.05, 3.63) is 30.1 Å². The third kappa shape index (κ3) is 3.10. The fourth-order valence-electron chi connectivity index (χ4n) is 3.74. The molecule has 0 unspecified atom stereocenters. The number of pyridine rings is 1. The Bertz CT molecular complexity index is 481. The molecule has 21 heavy (non-hydrogen) atoms. The van der Waals surface area contributed by atoms with Gasteiger partial charge in [0.25, 0.3) is 0 Å². The molecule has 1 heterocycles. The summed E-state index contributed by atoms with van der Waals surface area (Å²) in [4.78, 5) is 16.1. The Morgan fingerprint density at radius 1 is 1.24 bits per heavy atom. The van der Waals surface area contributed by atoms with E-state index in [2.05, 4.69) is 10.3 Å². The molecule has 1 aliphatic carbocycles. The monoisotopic (exact) mass is 290 g/mol. The van der Waals surface area contributed by atoms with Crippen LogP contribution in [0, 0.1) is 10.8 Å². The smallest absolute Gasteiger partial charge is 0.220 e. The van der Waals surface area contributed by atoms with E-state index in [1.54, 1.807) is 12.4 Å². The predicted octanol–water partition coefficient (Wildman–Crippen LogP) is 2.32. The minimum atomic E-state index is -0.382. The van der Waals surface area contributed by atoms with Gasteiger partial charge in [-0.25, -0.2) is 0 Å². The van der Waals surface area contributed by atoms with Crippen LogP contribution in [0.25, 0.3) is 0 Å². The average Bonchev–Trinajstić information content (AvgIpc) is 2.45. The summed E-state index contributed by atoms with van der Waals surface area (Å²) in [6, 6.07) is 3.98. The lowest BCUT2D eigenvalue weighted by molar-refractivity contribution is -0.185. The first-order valence-corrected chi connectivity index (χ1v) is 7.62. The topological polar surface area (TPSA) is 62.2 Å². The number of amides is 1. The molecular formula is C17H26N2O2. The lowest BCUT2D eigenvalue weighted by Gasteiger charge is -2.61. The van der Waals surface area contributed by atoms with Crippen molar-refractivity contribution < 1.29 is 9.90 Å². The number of aliphatic hydroxyl groups is 1. The number of rotatable bonds is 5. The first-order chi connectivity index (χ1) is 9.76. The number of carbonyl (C=O) groups is 1. The van der Waals surface area contributed by atoms with Crippen molar-refractivity contribution >= 4 is 5.91 Å². The number of hydrogen-bond acceptors (Lipinski definition) is 3. The van der Waals surface area contributed by atoms with Gasteiger partial charge in [-0.2, -0.15) is 0 Å². The zero-order chi connectivity index (χ0) is 15.7. The van der Waals surface area contributed by atoms with Crippen LogP contribution in [-0.2, 0) is 11.2 Å². The van der Waals surface area contributed by atoms with Crippen LogP contribution >= 0.6 is 0 Å². The second-order valence-electron chi connectivity index (χ2n) is 7.25. The highest BCUT2D eigenvalue weighted by molar-refractivity contribution is 5.76. The van der Waals surface area contributed by atoms with E-state index in [9.17, 15) is 9.90 Å². The van der Waals surface area contributed by atoms with Crippen LogP contribution < -0.4 is 5.32 Å². The van der Waals surface area contributed by atoms with Crippen LogP contribution in [0.3, 0.4) is 0 Å². The molecule has 116 valence electrons. The van der Waals surface area contributed by atoms with E-state index in [1.165, 1.54) is 5.56 Å². The Morgan fingerprint density at radius 3 is 2.38 bits per heavy atom. The number of aliphatic hydroxyl groups excluding tert-OH is 1. The van der Waals surface area contributed by atoms with E-state index in [4.69, 9.17) is 0 Å². The highest BCUT2D eigenvalue weighted by Crippen LogP contribution is 2.53. The molecule has 1 amide bonds. The molecule has 0 spiro atoms. The molecule has 4 heteroatoms. The van der Waals surface area contributed by atoms with E-state index in [-0.39, 0.29) is 28.9 Å². The average molecular weight is 290 g/mol. The molecule has 1 saturated carbocycles. The summed E-state index contributed by atoms with van der Waals surface area (Å²) in [5.41, 5.74) is 0.687. The number of nitrogens with zero attached hydrogens (tertiary/aromatic N) is 1. The van der Waals surface area contributed by atoms with Crippen LogP contribution in [-0.4, -0.2) is 28.1 Å². The van der Waals surface area contributed by atoms with Gasteiger partial charge in [-0.1, -0.05) is 27.7 Å². The Balaban J connectivity index is 1.80. The molecule has 1 aliphatic rings. The number of carbonyl (C=O) groups excluding carboxylic acids is 1. The molecule has 0 aliphatic heterocycles. The van der Waals surface area contributed by atoms with Crippen LogP contribution in [0.5, 0.6) is 0 Å². The van der Waals surface area contributed by atoms with E-state index in [0.29, 0.717) is 6.42 Å². The second-order valence-corrected chi connectivity index (χ2v) is 7.25. The third-order valence-electron chi connectivity index (χ3n) is 4.82. The number of hydrogen-bond donors (Lipinski definition) is 2. The summed E-state index contributed by atoms with van der Waals surface area (Å²) in [5, 5.41) is 13.3. The van der Waals surface area contributed by atoms with Crippen molar-refractivity contribution in [3.8, 4) is 0 Å². The summed E-state index contributed by atoms with van der Waals surface area (Å²) in [7, 11) is 0. The maximum absolute atomic E-state index is 12.1. The fraction of sp³-hybridized carbons (Fsp3) is 0.647. The van der Waals surface area contributed by atoms with Gasteiger partial charge in [-0.3, -0.25) is 9.78 Å². The SMILES string of the molecule is CC1(C)C(O)C(C)(C)C1NC(=O)CCCc1ccncc1. The number of aromatic nitrogens is 1. The zero-order valence-electron chi connectivity index (χ0n) is 13.4. The van der Waals surface area contributed by atoms with Crippen molar-refractivity contribution in [2.45, 2.75) is 59.1 Å². The van der Waals surface area contributed by atoms with Crippen LogP contribution in [0.15, 0.2) is 24.5 Å². The van der Waals surface area contributed by atoms with Crippen molar-refractivity contribution in [3.63, 3.8) is 0 Å². The molecule has 1 fully saturated rings. The van der Waals surface area contributed by atoms with Crippen molar-refractivity contribution in [2.24, 2.45) is 10.8 Å². The van der Waals surface area contributed by atoms with E-state index < -0.39 is 0 Å². The second kappa shape index (κ2) is 5.76. The van der Waals surface area contributed by atoms with Gasteiger partial charge < -0.3 is 10.4 Å². The largest absolute Gasteiger partial charge is 0.392 e. The van der Waals surface area contributed by atoms with Gasteiger partial charge in [-0.15, -0.1) is 0 Å². The van der Waals surface area contributed by atoms with E-state index >= 15 is 0 Å². The molecule has 0 atom stereocenters. The normalized spacial score (nSPS) is 26.0. The third-order valence-corrected chi connectivity index (χ3v) is 4.82. The Hall–Kier alpha value is -1.42. The quantitative estimate of drug-likeness (QED) is 0.875. The maximum Gasteiger partial charge on any atom is 0.220 e. The van der Waals surface area contributed by atoms with Crippen LogP contribution in [0.1, 0.15) is 46.1 Å². The molecule has 0 aromatic carbocycles. The molecule has 0 radical (unpaired) electrons. The maximum atomic E-state index is 12.1. The molecule has 4 nitrogen and oxygen atoms in total. The Labute approximate surface area is 127 Å². The predicted molar refractivity (Wildman–Crippen MR) is 82.7 cm³/mol. The van der Waals surface area contributed by atoms with Gasteiger partial charge in [0, 0.05) is 35.7 Å². The molecule has 2 N–H and O–H groups in total. The molecule has 1 aromatic rings. The van der Waals surface area contributed by atoms with E-state index in [1.807, 2.05) is 39.8 Å². The van der Waals surface area contributed by atoms with Gasteiger partial charge in [0.15, 0.2) is 0 Å². The lowest BCUT2D eigenvalue weighted by Crippen LogP contribution is -2.73. The summed E-state index contributed by atoms with van der Waals surface area (Å²) in [5.74, 6) is 0.0714. The van der Waals surface area contributed by atoms with Gasteiger partial charge in [-0.05, 0) is 30.5 Å². The minimum absolute atomic E-state index is 0.0217. The molecule has 0 bridgehead atoms. The lowest BCUT2D eigenvalue weighted by atomic mass is 9.49. The first-order valence-electron chi connectivity index (χ1n) is 7.62. The molecular weight excluding hydrogens is 264 g/mol. The highest BCUT2D eigenvalue weighted by atomic mass is 16.3. The Kier molecular flexibility index (Phi) is 4.38.